The summed E-state index contributed by atoms with van der Waals surface area (Å²) in [7, 11) is 0. The molecule has 0 bridgehead atoms. The van der Waals surface area contributed by atoms with E-state index in [1.807, 2.05) is 30.3 Å². The first kappa shape index (κ1) is 23.7. The van der Waals surface area contributed by atoms with Crippen LogP contribution in [0.3, 0.4) is 0 Å². The number of ether oxygens (including phenoxy) is 2. The maximum atomic E-state index is 12.8. The van der Waals surface area contributed by atoms with Crippen LogP contribution in [0, 0.1) is 5.92 Å². The fraction of sp³-hybridized carbons (Fsp3) is 0.185. The van der Waals surface area contributed by atoms with Crippen molar-refractivity contribution in [2.45, 2.75) is 19.9 Å². The number of imide groups is 1. The van der Waals surface area contributed by atoms with Crippen LogP contribution in [-0.4, -0.2) is 41.2 Å². The molecule has 3 aromatic rings. The van der Waals surface area contributed by atoms with Gasteiger partial charge >= 0.3 is 5.97 Å². The summed E-state index contributed by atoms with van der Waals surface area (Å²) in [5.74, 6) is -1.61. The molecule has 8 nitrogen and oxygen atoms in total. The minimum atomic E-state index is -1.15. The Balaban J connectivity index is 1.34. The van der Waals surface area contributed by atoms with E-state index < -0.39 is 42.3 Å². The van der Waals surface area contributed by atoms with Gasteiger partial charge in [0.05, 0.1) is 11.1 Å². The van der Waals surface area contributed by atoms with Gasteiger partial charge < -0.3 is 14.8 Å². The van der Waals surface area contributed by atoms with Crippen LogP contribution < -0.4 is 10.1 Å². The van der Waals surface area contributed by atoms with Crippen molar-refractivity contribution in [2.24, 2.45) is 5.92 Å². The second-order valence-corrected chi connectivity index (χ2v) is 8.31. The number of nitrogens with one attached hydrogen (secondary N) is 1. The first-order chi connectivity index (χ1) is 16.8. The Bertz CT molecular complexity index is 1220. The molecular formula is C27H24N2O6. The second-order valence-electron chi connectivity index (χ2n) is 8.31. The highest BCUT2D eigenvalue weighted by Crippen LogP contribution is 2.28. The number of para-hydroxylation sites is 1. The van der Waals surface area contributed by atoms with Gasteiger partial charge in [0.25, 0.3) is 17.7 Å². The highest BCUT2D eigenvalue weighted by molar-refractivity contribution is 6.22. The zero-order valence-electron chi connectivity index (χ0n) is 19.3. The molecule has 0 saturated carbocycles. The summed E-state index contributed by atoms with van der Waals surface area (Å²) in [6.07, 6.45) is 0. The van der Waals surface area contributed by atoms with E-state index in [4.69, 9.17) is 9.47 Å². The Kier molecular flexibility index (Phi) is 6.91. The molecule has 1 heterocycles. The van der Waals surface area contributed by atoms with Gasteiger partial charge in [-0.25, -0.2) is 4.79 Å². The lowest BCUT2D eigenvalue weighted by molar-refractivity contribution is -0.152. The number of anilines is 1. The number of benzene rings is 3. The Morgan fingerprint density at radius 2 is 1.34 bits per heavy atom. The number of rotatable bonds is 8. The van der Waals surface area contributed by atoms with Gasteiger partial charge in [0, 0.05) is 5.69 Å². The van der Waals surface area contributed by atoms with Gasteiger partial charge in [-0.1, -0.05) is 44.2 Å². The zero-order valence-corrected chi connectivity index (χ0v) is 19.3. The molecule has 0 spiro atoms. The Hall–Kier alpha value is -4.46. The lowest BCUT2D eigenvalue weighted by atomic mass is 10.0. The molecule has 0 unspecified atom stereocenters. The van der Waals surface area contributed by atoms with E-state index in [-0.39, 0.29) is 11.1 Å². The molecule has 1 atom stereocenters. The molecule has 178 valence electrons. The molecule has 1 N–H and O–H groups in total. The van der Waals surface area contributed by atoms with Crippen LogP contribution in [0.1, 0.15) is 34.6 Å². The maximum Gasteiger partial charge on any atom is 0.330 e. The van der Waals surface area contributed by atoms with Crippen molar-refractivity contribution in [1.82, 2.24) is 4.90 Å². The van der Waals surface area contributed by atoms with Crippen LogP contribution in [0.5, 0.6) is 11.5 Å². The topological polar surface area (TPSA) is 102 Å². The average molecular weight is 472 g/mol. The summed E-state index contributed by atoms with van der Waals surface area (Å²) in [5.41, 5.74) is 0.981. The van der Waals surface area contributed by atoms with Gasteiger partial charge in [0.2, 0.25) is 0 Å². The number of fused-ring (bicyclic) bond motifs is 1. The van der Waals surface area contributed by atoms with Crippen LogP contribution in [0.15, 0.2) is 78.9 Å². The van der Waals surface area contributed by atoms with Crippen molar-refractivity contribution in [3.8, 4) is 11.5 Å². The van der Waals surface area contributed by atoms with Crippen molar-refractivity contribution < 1.29 is 28.7 Å². The SMILES string of the molecule is CC(C)[C@H](C(=O)OCC(=O)Nc1ccc(Oc2ccccc2)cc1)N1C(=O)c2ccccc2C1=O. The maximum absolute atomic E-state index is 12.8. The third-order valence-corrected chi connectivity index (χ3v) is 5.44. The Labute approximate surface area is 202 Å². The average Bonchev–Trinajstić information content (AvgIpc) is 3.10. The first-order valence-electron chi connectivity index (χ1n) is 11.1. The second kappa shape index (κ2) is 10.2. The van der Waals surface area contributed by atoms with Crippen LogP contribution in [0.2, 0.25) is 0 Å². The van der Waals surface area contributed by atoms with E-state index in [0.29, 0.717) is 17.2 Å². The minimum Gasteiger partial charge on any atom is -0.457 e. The van der Waals surface area contributed by atoms with E-state index in [2.05, 4.69) is 5.32 Å². The largest absolute Gasteiger partial charge is 0.457 e. The standard InChI is InChI=1S/C27H24N2O6/c1-17(2)24(29-25(31)21-10-6-7-11-22(21)26(29)32)27(33)34-16-23(30)28-18-12-14-20(15-13-18)35-19-8-4-3-5-9-19/h3-15,17,24H,16H2,1-2H3,(H,28,30)/t24-/m1/s1. The number of carbonyl (C=O) groups is 4. The molecular weight excluding hydrogens is 448 g/mol. The molecule has 3 aromatic carbocycles. The highest BCUT2D eigenvalue weighted by atomic mass is 16.5. The smallest absolute Gasteiger partial charge is 0.330 e. The van der Waals surface area contributed by atoms with Crippen LogP contribution in [-0.2, 0) is 14.3 Å². The van der Waals surface area contributed by atoms with Gasteiger partial charge in [-0.15, -0.1) is 0 Å². The van der Waals surface area contributed by atoms with Crippen molar-refractivity contribution in [3.63, 3.8) is 0 Å². The molecule has 0 saturated heterocycles. The van der Waals surface area contributed by atoms with Crippen LogP contribution in [0.25, 0.3) is 0 Å². The van der Waals surface area contributed by atoms with Gasteiger partial charge in [-0.05, 0) is 54.4 Å². The number of carbonyl (C=O) groups excluding carboxylic acids is 4. The van der Waals surface area contributed by atoms with E-state index in [1.165, 1.54) is 0 Å². The highest BCUT2D eigenvalue weighted by Gasteiger charge is 2.44. The lowest BCUT2D eigenvalue weighted by Gasteiger charge is -2.27. The quantitative estimate of drug-likeness (QED) is 0.388. The lowest BCUT2D eigenvalue weighted by Crippen LogP contribution is -2.49. The zero-order chi connectivity index (χ0) is 24.9. The van der Waals surface area contributed by atoms with Gasteiger partial charge in [0.1, 0.15) is 17.5 Å². The summed E-state index contributed by atoms with van der Waals surface area (Å²) in [6.45, 7) is 2.84. The fourth-order valence-corrected chi connectivity index (χ4v) is 3.79. The molecule has 0 aliphatic carbocycles. The number of nitrogens with zero attached hydrogens (tertiary/aromatic N) is 1. The predicted molar refractivity (Wildman–Crippen MR) is 128 cm³/mol. The van der Waals surface area contributed by atoms with Gasteiger partial charge in [-0.3, -0.25) is 19.3 Å². The molecule has 35 heavy (non-hydrogen) atoms. The Morgan fingerprint density at radius 1 is 0.800 bits per heavy atom. The third-order valence-electron chi connectivity index (χ3n) is 5.44. The first-order valence-corrected chi connectivity index (χ1v) is 11.1. The van der Waals surface area contributed by atoms with Crippen molar-refractivity contribution in [2.75, 3.05) is 11.9 Å². The molecule has 1 aliphatic heterocycles. The van der Waals surface area contributed by atoms with Crippen LogP contribution in [0.4, 0.5) is 5.69 Å². The van der Waals surface area contributed by atoms with E-state index in [9.17, 15) is 19.2 Å². The van der Waals surface area contributed by atoms with Gasteiger partial charge in [0.15, 0.2) is 6.61 Å². The van der Waals surface area contributed by atoms with E-state index in [0.717, 1.165) is 4.90 Å². The summed E-state index contributed by atoms with van der Waals surface area (Å²) < 4.78 is 10.9. The number of hydrogen-bond donors (Lipinski definition) is 1. The number of amides is 3. The molecule has 0 aromatic heterocycles. The third kappa shape index (κ3) is 5.22. The molecule has 3 amide bonds. The predicted octanol–water partition coefficient (Wildman–Crippen LogP) is 4.28. The summed E-state index contributed by atoms with van der Waals surface area (Å²) in [4.78, 5) is 51.7. The number of esters is 1. The fourth-order valence-electron chi connectivity index (χ4n) is 3.79. The van der Waals surface area contributed by atoms with Crippen molar-refractivity contribution >= 4 is 29.4 Å². The van der Waals surface area contributed by atoms with Gasteiger partial charge in [-0.2, -0.15) is 0 Å². The molecule has 1 aliphatic rings. The van der Waals surface area contributed by atoms with Crippen molar-refractivity contribution in [1.29, 1.82) is 0 Å². The van der Waals surface area contributed by atoms with Crippen LogP contribution >= 0.6 is 0 Å². The van der Waals surface area contributed by atoms with E-state index >= 15 is 0 Å². The molecule has 4 rings (SSSR count). The summed E-state index contributed by atoms with van der Waals surface area (Å²) in [6, 6.07) is 21.2. The number of hydrogen-bond acceptors (Lipinski definition) is 6. The molecule has 0 fully saturated rings. The van der Waals surface area contributed by atoms with E-state index in [1.54, 1.807) is 62.4 Å². The minimum absolute atomic E-state index is 0.244. The van der Waals surface area contributed by atoms with Crippen molar-refractivity contribution in [3.05, 3.63) is 90.0 Å². The summed E-state index contributed by atoms with van der Waals surface area (Å²) in [5, 5.41) is 2.64. The molecule has 8 heteroatoms. The molecule has 0 radical (unpaired) electrons. The summed E-state index contributed by atoms with van der Waals surface area (Å²) >= 11 is 0. The normalized spacial score (nSPS) is 13.4. The monoisotopic (exact) mass is 472 g/mol. The Morgan fingerprint density at radius 3 is 1.91 bits per heavy atom.